The molecule has 0 saturated carbocycles. The SMILES string of the molecule is Cc1cnc(N)c2nc(C)n(CCCS(C)(=O)=O)c12. The Morgan fingerprint density at radius 3 is 2.68 bits per heavy atom. The maximum Gasteiger partial charge on any atom is 0.151 e. The Balaban J connectivity index is 2.38. The Bertz CT molecular complexity index is 719. The Hall–Kier alpha value is -1.63. The van der Waals surface area contributed by atoms with Crippen LogP contribution in [0.3, 0.4) is 0 Å². The molecule has 19 heavy (non-hydrogen) atoms. The predicted molar refractivity (Wildman–Crippen MR) is 75.7 cm³/mol. The number of fused-ring (bicyclic) bond motifs is 1. The van der Waals surface area contributed by atoms with E-state index in [0.717, 1.165) is 16.9 Å². The summed E-state index contributed by atoms with van der Waals surface area (Å²) in [5.41, 5.74) is 8.45. The fourth-order valence-electron chi connectivity index (χ4n) is 2.19. The highest BCUT2D eigenvalue weighted by atomic mass is 32.2. The van der Waals surface area contributed by atoms with Crippen LogP contribution in [0.2, 0.25) is 0 Å². The van der Waals surface area contributed by atoms with Gasteiger partial charge in [-0.05, 0) is 25.8 Å². The van der Waals surface area contributed by atoms with Gasteiger partial charge in [0.15, 0.2) is 5.82 Å². The van der Waals surface area contributed by atoms with Crippen LogP contribution >= 0.6 is 0 Å². The lowest BCUT2D eigenvalue weighted by molar-refractivity contribution is 0.591. The fraction of sp³-hybridized carbons (Fsp3) is 0.500. The van der Waals surface area contributed by atoms with Crippen molar-refractivity contribution >= 4 is 26.7 Å². The average molecular weight is 282 g/mol. The molecule has 2 aromatic rings. The lowest BCUT2D eigenvalue weighted by Gasteiger charge is -2.08. The maximum atomic E-state index is 11.2. The Morgan fingerprint density at radius 1 is 1.37 bits per heavy atom. The van der Waals surface area contributed by atoms with Crippen LogP contribution in [0.5, 0.6) is 0 Å². The van der Waals surface area contributed by atoms with E-state index in [4.69, 9.17) is 5.73 Å². The maximum absolute atomic E-state index is 11.2. The number of nitrogen functional groups attached to an aromatic ring is 1. The van der Waals surface area contributed by atoms with Crippen LogP contribution < -0.4 is 5.73 Å². The largest absolute Gasteiger partial charge is 0.382 e. The van der Waals surface area contributed by atoms with Crippen molar-refractivity contribution in [3.63, 3.8) is 0 Å². The highest BCUT2D eigenvalue weighted by Crippen LogP contribution is 2.23. The highest BCUT2D eigenvalue weighted by molar-refractivity contribution is 7.90. The third kappa shape index (κ3) is 2.86. The molecule has 7 heteroatoms. The second kappa shape index (κ2) is 4.80. The molecule has 0 aromatic carbocycles. The molecule has 0 aliphatic carbocycles. The summed E-state index contributed by atoms with van der Waals surface area (Å²) < 4.78 is 24.4. The molecule has 0 saturated heterocycles. The molecule has 0 fully saturated rings. The molecule has 6 nitrogen and oxygen atoms in total. The summed E-state index contributed by atoms with van der Waals surface area (Å²) in [6.45, 7) is 4.45. The Labute approximate surface area is 112 Å². The zero-order valence-electron chi connectivity index (χ0n) is 11.3. The van der Waals surface area contributed by atoms with Crippen molar-refractivity contribution in [2.75, 3.05) is 17.7 Å². The first kappa shape index (κ1) is 13.8. The van der Waals surface area contributed by atoms with Crippen LogP contribution in [-0.2, 0) is 16.4 Å². The molecule has 0 bridgehead atoms. The minimum absolute atomic E-state index is 0.172. The van der Waals surface area contributed by atoms with E-state index in [1.54, 1.807) is 6.20 Å². The van der Waals surface area contributed by atoms with Crippen LogP contribution in [0.25, 0.3) is 11.0 Å². The minimum Gasteiger partial charge on any atom is -0.382 e. The molecule has 2 rings (SSSR count). The average Bonchev–Trinajstić information content (AvgIpc) is 2.61. The molecule has 2 N–H and O–H groups in total. The van der Waals surface area contributed by atoms with E-state index in [1.807, 2.05) is 18.4 Å². The summed E-state index contributed by atoms with van der Waals surface area (Å²) in [5, 5.41) is 0. The van der Waals surface area contributed by atoms with Crippen molar-refractivity contribution in [2.24, 2.45) is 0 Å². The van der Waals surface area contributed by atoms with Gasteiger partial charge in [-0.15, -0.1) is 0 Å². The van der Waals surface area contributed by atoms with Gasteiger partial charge in [-0.2, -0.15) is 0 Å². The molecule has 0 amide bonds. The molecule has 104 valence electrons. The van der Waals surface area contributed by atoms with E-state index < -0.39 is 9.84 Å². The van der Waals surface area contributed by atoms with Crippen molar-refractivity contribution in [1.29, 1.82) is 0 Å². The summed E-state index contributed by atoms with van der Waals surface area (Å²) >= 11 is 0. The number of rotatable bonds is 4. The zero-order chi connectivity index (χ0) is 14.2. The highest BCUT2D eigenvalue weighted by Gasteiger charge is 2.13. The first-order valence-electron chi connectivity index (χ1n) is 6.05. The van der Waals surface area contributed by atoms with E-state index >= 15 is 0 Å². The normalized spacial score (nSPS) is 12.2. The summed E-state index contributed by atoms with van der Waals surface area (Å²) in [7, 11) is -2.93. The van der Waals surface area contributed by atoms with Crippen molar-refractivity contribution in [3.05, 3.63) is 17.6 Å². The fourth-order valence-corrected chi connectivity index (χ4v) is 2.84. The molecule has 0 radical (unpaired) electrons. The van der Waals surface area contributed by atoms with E-state index in [2.05, 4.69) is 9.97 Å². The third-order valence-corrected chi connectivity index (χ3v) is 4.10. The summed E-state index contributed by atoms with van der Waals surface area (Å²) in [5.74, 6) is 1.41. The van der Waals surface area contributed by atoms with Crippen molar-refractivity contribution in [2.45, 2.75) is 26.8 Å². The topological polar surface area (TPSA) is 90.9 Å². The van der Waals surface area contributed by atoms with E-state index in [-0.39, 0.29) is 5.75 Å². The number of pyridine rings is 1. The van der Waals surface area contributed by atoms with Crippen LogP contribution in [0, 0.1) is 13.8 Å². The van der Waals surface area contributed by atoms with Crippen LogP contribution in [0.15, 0.2) is 6.20 Å². The van der Waals surface area contributed by atoms with Crippen LogP contribution in [-0.4, -0.2) is 35.0 Å². The van der Waals surface area contributed by atoms with Gasteiger partial charge in [-0.1, -0.05) is 0 Å². The molecule has 0 atom stereocenters. The molecule has 0 spiro atoms. The molecular weight excluding hydrogens is 264 g/mol. The van der Waals surface area contributed by atoms with Gasteiger partial charge in [0.05, 0.1) is 11.3 Å². The van der Waals surface area contributed by atoms with Gasteiger partial charge in [-0.25, -0.2) is 18.4 Å². The van der Waals surface area contributed by atoms with E-state index in [0.29, 0.717) is 24.3 Å². The quantitative estimate of drug-likeness (QED) is 0.905. The van der Waals surface area contributed by atoms with Crippen LogP contribution in [0.4, 0.5) is 5.82 Å². The molecule has 0 aliphatic rings. The summed E-state index contributed by atoms with van der Waals surface area (Å²) in [6.07, 6.45) is 3.53. The Kier molecular flexibility index (Phi) is 3.49. The molecule has 0 unspecified atom stereocenters. The standard InChI is InChI=1S/C12H18N4O2S/c1-8-7-14-12(13)10-11(8)16(9(2)15-10)5-4-6-19(3,17)18/h7H,4-6H2,1-3H3,(H2,13,14). The second-order valence-electron chi connectivity index (χ2n) is 4.82. The number of nitrogens with zero attached hydrogens (tertiary/aromatic N) is 3. The van der Waals surface area contributed by atoms with Crippen LogP contribution in [0.1, 0.15) is 17.8 Å². The number of hydrogen-bond donors (Lipinski definition) is 1. The number of hydrogen-bond acceptors (Lipinski definition) is 5. The predicted octanol–water partition coefficient (Wildman–Crippen LogP) is 1.07. The minimum atomic E-state index is -2.93. The number of aromatic nitrogens is 3. The molecule has 2 heterocycles. The van der Waals surface area contributed by atoms with Gasteiger partial charge < -0.3 is 10.3 Å². The smallest absolute Gasteiger partial charge is 0.151 e. The lowest BCUT2D eigenvalue weighted by atomic mass is 10.2. The van der Waals surface area contributed by atoms with Crippen molar-refractivity contribution < 1.29 is 8.42 Å². The summed E-state index contributed by atoms with van der Waals surface area (Å²) in [6, 6.07) is 0. The van der Waals surface area contributed by atoms with E-state index in [1.165, 1.54) is 6.26 Å². The molecular formula is C12H18N4O2S. The van der Waals surface area contributed by atoms with E-state index in [9.17, 15) is 8.42 Å². The number of imidazole rings is 1. The van der Waals surface area contributed by atoms with Crippen molar-refractivity contribution in [3.8, 4) is 0 Å². The zero-order valence-corrected chi connectivity index (χ0v) is 12.2. The monoisotopic (exact) mass is 282 g/mol. The van der Waals surface area contributed by atoms with Gasteiger partial charge in [0.25, 0.3) is 0 Å². The first-order chi connectivity index (χ1) is 8.79. The van der Waals surface area contributed by atoms with Gasteiger partial charge in [-0.3, -0.25) is 0 Å². The first-order valence-corrected chi connectivity index (χ1v) is 8.11. The number of anilines is 1. The Morgan fingerprint density at radius 2 is 2.05 bits per heavy atom. The lowest BCUT2D eigenvalue weighted by Crippen LogP contribution is -2.09. The third-order valence-electron chi connectivity index (χ3n) is 3.07. The van der Waals surface area contributed by atoms with Gasteiger partial charge in [0, 0.05) is 19.0 Å². The van der Waals surface area contributed by atoms with Crippen molar-refractivity contribution in [1.82, 2.24) is 14.5 Å². The molecule has 0 aliphatic heterocycles. The number of aryl methyl sites for hydroxylation is 3. The molecule has 2 aromatic heterocycles. The van der Waals surface area contributed by atoms with Gasteiger partial charge in [0.2, 0.25) is 0 Å². The van der Waals surface area contributed by atoms with Gasteiger partial charge in [0.1, 0.15) is 21.2 Å². The second-order valence-corrected chi connectivity index (χ2v) is 7.08. The summed E-state index contributed by atoms with van der Waals surface area (Å²) in [4.78, 5) is 8.50. The number of sulfone groups is 1. The van der Waals surface area contributed by atoms with Gasteiger partial charge >= 0.3 is 0 Å². The number of nitrogens with two attached hydrogens (primary N) is 1.